The van der Waals surface area contributed by atoms with E-state index in [1.165, 1.54) is 18.0 Å². The van der Waals surface area contributed by atoms with Crippen molar-refractivity contribution in [2.24, 2.45) is 11.8 Å². The zero-order valence-electron chi connectivity index (χ0n) is 17.9. The van der Waals surface area contributed by atoms with E-state index in [0.717, 1.165) is 0 Å². The summed E-state index contributed by atoms with van der Waals surface area (Å²) in [6.07, 6.45) is 0.388. The van der Waals surface area contributed by atoms with Gasteiger partial charge in [-0.1, -0.05) is 40.3 Å². The van der Waals surface area contributed by atoms with Crippen molar-refractivity contribution in [3.63, 3.8) is 0 Å². The summed E-state index contributed by atoms with van der Waals surface area (Å²) in [5, 5.41) is 0. The van der Waals surface area contributed by atoms with Crippen molar-refractivity contribution in [2.75, 3.05) is 13.7 Å². The molecule has 0 aliphatic rings. The Bertz CT molecular complexity index is 523. The first-order chi connectivity index (χ1) is 12.4. The van der Waals surface area contributed by atoms with Gasteiger partial charge in [-0.3, -0.25) is 4.90 Å². The maximum absolute atomic E-state index is 12.8. The number of esters is 2. The summed E-state index contributed by atoms with van der Waals surface area (Å²) in [4.78, 5) is 38.6. The molecule has 0 spiro atoms. The third kappa shape index (κ3) is 8.45. The van der Waals surface area contributed by atoms with Crippen LogP contribution in [0.1, 0.15) is 54.9 Å². The predicted octanol–water partition coefficient (Wildman–Crippen LogP) is 3.57. The van der Waals surface area contributed by atoms with Crippen molar-refractivity contribution in [1.82, 2.24) is 4.90 Å². The first kappa shape index (κ1) is 24.9. The molecule has 156 valence electrons. The molecule has 7 heteroatoms. The van der Waals surface area contributed by atoms with Gasteiger partial charge < -0.3 is 14.2 Å². The molecule has 0 bridgehead atoms. The normalized spacial score (nSPS) is 14.7. The third-order valence-electron chi connectivity index (χ3n) is 3.95. The second-order valence-electron chi connectivity index (χ2n) is 7.94. The van der Waals surface area contributed by atoms with Gasteiger partial charge in [0.2, 0.25) is 6.10 Å². The summed E-state index contributed by atoms with van der Waals surface area (Å²) < 4.78 is 15.9. The van der Waals surface area contributed by atoms with Gasteiger partial charge in [0, 0.05) is 13.0 Å². The van der Waals surface area contributed by atoms with Gasteiger partial charge in [0.05, 0.1) is 0 Å². The van der Waals surface area contributed by atoms with Crippen LogP contribution in [-0.4, -0.2) is 54.3 Å². The Morgan fingerprint density at radius 1 is 1.11 bits per heavy atom. The first-order valence-corrected chi connectivity index (χ1v) is 9.29. The Morgan fingerprint density at radius 2 is 1.67 bits per heavy atom. The molecule has 0 saturated carbocycles. The highest BCUT2D eigenvalue weighted by molar-refractivity contribution is 5.85. The lowest BCUT2D eigenvalue weighted by molar-refractivity contribution is -0.174. The van der Waals surface area contributed by atoms with E-state index in [1.54, 1.807) is 41.5 Å². The van der Waals surface area contributed by atoms with Gasteiger partial charge in [-0.2, -0.15) is 0 Å². The van der Waals surface area contributed by atoms with Crippen molar-refractivity contribution < 1.29 is 28.6 Å². The zero-order valence-corrected chi connectivity index (χ0v) is 17.9. The number of amides is 1. The fourth-order valence-electron chi connectivity index (χ4n) is 2.35. The van der Waals surface area contributed by atoms with Gasteiger partial charge in [-0.05, 0) is 33.1 Å². The molecule has 0 rings (SSSR count). The lowest BCUT2D eigenvalue weighted by Gasteiger charge is -2.32. The topological polar surface area (TPSA) is 82.1 Å². The van der Waals surface area contributed by atoms with Gasteiger partial charge in [0.1, 0.15) is 18.2 Å². The highest BCUT2D eigenvalue weighted by atomic mass is 16.6. The Kier molecular flexibility index (Phi) is 10.1. The number of hydrogen-bond acceptors (Lipinski definition) is 6. The van der Waals surface area contributed by atoms with Crippen LogP contribution in [0.3, 0.4) is 0 Å². The molecule has 0 radical (unpaired) electrons. The predicted molar refractivity (Wildman–Crippen MR) is 103 cm³/mol. The summed E-state index contributed by atoms with van der Waals surface area (Å²) in [6.45, 7) is 16.0. The largest absolute Gasteiger partial charge is 0.459 e. The number of rotatable bonds is 9. The van der Waals surface area contributed by atoms with Crippen molar-refractivity contribution >= 4 is 18.0 Å². The number of likely N-dealkylation sites (N-methyl/N-ethyl adjacent to an activating group) is 1. The number of carbonyl (C=O) groups is 3. The quantitative estimate of drug-likeness (QED) is 0.343. The van der Waals surface area contributed by atoms with E-state index in [0.29, 0.717) is 6.42 Å². The molecule has 0 aromatic heterocycles. The summed E-state index contributed by atoms with van der Waals surface area (Å²) in [5.74, 6) is -1.76. The van der Waals surface area contributed by atoms with Crippen LogP contribution in [0.15, 0.2) is 12.7 Å². The zero-order chi connectivity index (χ0) is 21.4. The Labute approximate surface area is 163 Å². The molecule has 0 aromatic carbocycles. The molecule has 0 heterocycles. The molecule has 0 aromatic rings. The molecular formula is C20H35NO6. The molecule has 0 saturated heterocycles. The van der Waals surface area contributed by atoms with Crippen LogP contribution in [0.25, 0.3) is 0 Å². The SMILES string of the molecule is C=CCOC(=O)[C@@H](OC(=O)[C@H](C(C)C)N(C)C(=O)OC(C)(C)C)[C@@H](C)CC. The number of hydrogen-bond donors (Lipinski definition) is 0. The monoisotopic (exact) mass is 385 g/mol. The van der Waals surface area contributed by atoms with E-state index in [-0.39, 0.29) is 18.4 Å². The summed E-state index contributed by atoms with van der Waals surface area (Å²) >= 11 is 0. The summed E-state index contributed by atoms with van der Waals surface area (Å²) in [5.41, 5.74) is -0.690. The standard InChI is InChI=1S/C20H35NO6/c1-10-12-25-18(23)16(14(5)11-2)26-17(22)15(13(3)4)21(9)19(24)27-20(6,7)8/h10,13-16H,1,11-12H2,2-9H3/t14-,15-,16-/m0/s1. The smallest absolute Gasteiger partial charge is 0.410 e. The molecule has 1 amide bonds. The van der Waals surface area contributed by atoms with E-state index in [1.807, 2.05) is 6.92 Å². The molecule has 3 atom stereocenters. The number of carbonyl (C=O) groups excluding carboxylic acids is 3. The fraction of sp³-hybridized carbons (Fsp3) is 0.750. The van der Waals surface area contributed by atoms with E-state index in [4.69, 9.17) is 14.2 Å². The minimum atomic E-state index is -1.05. The minimum Gasteiger partial charge on any atom is -0.459 e. The van der Waals surface area contributed by atoms with Crippen LogP contribution in [0.2, 0.25) is 0 Å². The second kappa shape index (κ2) is 10.9. The van der Waals surface area contributed by atoms with Gasteiger partial charge in [-0.15, -0.1) is 0 Å². The van der Waals surface area contributed by atoms with Crippen molar-refractivity contribution in [3.8, 4) is 0 Å². The number of ether oxygens (including phenoxy) is 3. The van der Waals surface area contributed by atoms with E-state index < -0.39 is 35.8 Å². The molecule has 0 fully saturated rings. The van der Waals surface area contributed by atoms with Crippen molar-refractivity contribution in [3.05, 3.63) is 12.7 Å². The fourth-order valence-corrected chi connectivity index (χ4v) is 2.35. The van der Waals surface area contributed by atoms with Crippen molar-refractivity contribution in [1.29, 1.82) is 0 Å². The van der Waals surface area contributed by atoms with Gasteiger partial charge in [0.25, 0.3) is 0 Å². The molecule has 0 aliphatic heterocycles. The molecule has 0 N–H and O–H groups in total. The summed E-state index contributed by atoms with van der Waals surface area (Å²) in [7, 11) is 1.48. The first-order valence-electron chi connectivity index (χ1n) is 9.29. The van der Waals surface area contributed by atoms with Gasteiger partial charge >= 0.3 is 18.0 Å². The van der Waals surface area contributed by atoms with Crippen LogP contribution in [0.4, 0.5) is 4.79 Å². The Balaban J connectivity index is 5.39. The molecule has 0 unspecified atom stereocenters. The Morgan fingerprint density at radius 3 is 2.07 bits per heavy atom. The van der Waals surface area contributed by atoms with Gasteiger partial charge in [0.15, 0.2) is 0 Å². The van der Waals surface area contributed by atoms with Gasteiger partial charge in [-0.25, -0.2) is 14.4 Å². The maximum Gasteiger partial charge on any atom is 0.410 e. The third-order valence-corrected chi connectivity index (χ3v) is 3.95. The van der Waals surface area contributed by atoms with Crippen LogP contribution in [0.5, 0.6) is 0 Å². The molecule has 7 nitrogen and oxygen atoms in total. The van der Waals surface area contributed by atoms with E-state index >= 15 is 0 Å². The minimum absolute atomic E-state index is 0.0364. The average Bonchev–Trinajstić information content (AvgIpc) is 2.54. The highest BCUT2D eigenvalue weighted by Crippen LogP contribution is 2.20. The van der Waals surface area contributed by atoms with E-state index in [2.05, 4.69) is 6.58 Å². The van der Waals surface area contributed by atoms with Crippen LogP contribution >= 0.6 is 0 Å². The van der Waals surface area contributed by atoms with E-state index in [9.17, 15) is 14.4 Å². The lowest BCUT2D eigenvalue weighted by atomic mass is 10.0. The average molecular weight is 386 g/mol. The highest BCUT2D eigenvalue weighted by Gasteiger charge is 2.38. The number of nitrogens with zero attached hydrogens (tertiary/aromatic N) is 1. The molecular weight excluding hydrogens is 350 g/mol. The van der Waals surface area contributed by atoms with Crippen molar-refractivity contribution in [2.45, 2.75) is 72.6 Å². The maximum atomic E-state index is 12.8. The molecule has 0 aliphatic carbocycles. The Hall–Kier alpha value is -2.05. The molecule has 27 heavy (non-hydrogen) atoms. The van der Waals surface area contributed by atoms with Crippen LogP contribution in [-0.2, 0) is 23.8 Å². The second-order valence-corrected chi connectivity index (χ2v) is 7.94. The lowest BCUT2D eigenvalue weighted by Crippen LogP contribution is -2.50. The van der Waals surface area contributed by atoms with Crippen LogP contribution in [0, 0.1) is 11.8 Å². The summed E-state index contributed by atoms with van der Waals surface area (Å²) in [6, 6.07) is -0.890. The van der Waals surface area contributed by atoms with Crippen LogP contribution < -0.4 is 0 Å².